The highest BCUT2D eigenvalue weighted by Crippen LogP contribution is 2.49. The van der Waals surface area contributed by atoms with E-state index in [1.54, 1.807) is 0 Å². The summed E-state index contributed by atoms with van der Waals surface area (Å²) in [5.41, 5.74) is 6.12. The molecule has 90 valence electrons. The topological polar surface area (TPSA) is 64.9 Å². The molecule has 1 atom stereocenters. The van der Waals surface area contributed by atoms with Gasteiger partial charge in [-0.05, 0) is 24.7 Å². The lowest BCUT2D eigenvalue weighted by atomic mass is 9.75. The van der Waals surface area contributed by atoms with Crippen LogP contribution >= 0.6 is 0 Å². The Bertz CT molecular complexity index is 372. The Morgan fingerprint density at radius 3 is 2.69 bits per heavy atom. The molecule has 0 spiro atoms. The minimum absolute atomic E-state index is 0.0559. The van der Waals surface area contributed by atoms with Gasteiger partial charge >= 0.3 is 0 Å². The van der Waals surface area contributed by atoms with Crippen LogP contribution in [0.25, 0.3) is 0 Å². The Balaban J connectivity index is 2.28. The van der Waals surface area contributed by atoms with Crippen molar-refractivity contribution in [3.05, 3.63) is 11.7 Å². The van der Waals surface area contributed by atoms with Gasteiger partial charge in [-0.1, -0.05) is 32.3 Å². The number of hydrogen-bond acceptors (Lipinski definition) is 4. The largest absolute Gasteiger partial charge is 0.339 e. The van der Waals surface area contributed by atoms with Crippen molar-refractivity contribution in [2.45, 2.75) is 58.4 Å². The quantitative estimate of drug-likeness (QED) is 0.854. The average molecular weight is 223 g/mol. The monoisotopic (exact) mass is 223 g/mol. The standard InChI is InChI=1S/C12H21N3O/c1-4-6-9-14-10(15-16-9)12(13)8-5-7-11(12,2)3/h4-8,13H2,1-3H3. The Labute approximate surface area is 96.6 Å². The average Bonchev–Trinajstić information content (AvgIpc) is 2.75. The van der Waals surface area contributed by atoms with Gasteiger partial charge in [-0.25, -0.2) is 0 Å². The van der Waals surface area contributed by atoms with Gasteiger partial charge in [-0.2, -0.15) is 4.98 Å². The summed E-state index contributed by atoms with van der Waals surface area (Å²) >= 11 is 0. The summed E-state index contributed by atoms with van der Waals surface area (Å²) < 4.78 is 5.23. The van der Waals surface area contributed by atoms with Gasteiger partial charge < -0.3 is 10.3 Å². The number of rotatable bonds is 3. The summed E-state index contributed by atoms with van der Waals surface area (Å²) in [6, 6.07) is 0. The Morgan fingerprint density at radius 2 is 2.12 bits per heavy atom. The lowest BCUT2D eigenvalue weighted by molar-refractivity contribution is 0.192. The van der Waals surface area contributed by atoms with Crippen LogP contribution in [0, 0.1) is 5.41 Å². The molecule has 16 heavy (non-hydrogen) atoms. The van der Waals surface area contributed by atoms with Crippen LogP contribution in [0.2, 0.25) is 0 Å². The van der Waals surface area contributed by atoms with Gasteiger partial charge in [0, 0.05) is 6.42 Å². The van der Waals surface area contributed by atoms with E-state index in [0.717, 1.165) is 32.1 Å². The highest BCUT2D eigenvalue weighted by Gasteiger charge is 2.50. The SMILES string of the molecule is CCCc1nc(C2(N)CCCC2(C)C)no1. The molecule has 1 aromatic heterocycles. The van der Waals surface area contributed by atoms with Crippen LogP contribution < -0.4 is 5.73 Å². The Morgan fingerprint density at radius 1 is 1.38 bits per heavy atom. The zero-order valence-electron chi connectivity index (χ0n) is 10.4. The fourth-order valence-electron chi connectivity index (χ4n) is 2.54. The summed E-state index contributed by atoms with van der Waals surface area (Å²) in [4.78, 5) is 4.45. The Hall–Kier alpha value is -0.900. The molecule has 0 bridgehead atoms. The second kappa shape index (κ2) is 3.84. The van der Waals surface area contributed by atoms with Crippen molar-refractivity contribution in [1.29, 1.82) is 0 Å². The van der Waals surface area contributed by atoms with Gasteiger partial charge in [0.1, 0.15) is 0 Å². The third-order valence-corrected chi connectivity index (χ3v) is 3.91. The molecule has 0 amide bonds. The number of nitrogens with two attached hydrogens (primary N) is 1. The highest BCUT2D eigenvalue weighted by molar-refractivity contribution is 5.13. The molecule has 1 saturated carbocycles. The van der Waals surface area contributed by atoms with Crippen molar-refractivity contribution >= 4 is 0 Å². The maximum Gasteiger partial charge on any atom is 0.226 e. The summed E-state index contributed by atoms with van der Waals surface area (Å²) in [6.45, 7) is 6.48. The molecule has 2 rings (SSSR count). The summed E-state index contributed by atoms with van der Waals surface area (Å²) in [5, 5.41) is 4.07. The molecule has 0 aliphatic heterocycles. The van der Waals surface area contributed by atoms with Crippen LogP contribution in [-0.4, -0.2) is 10.1 Å². The molecule has 1 aliphatic carbocycles. The molecule has 1 aromatic rings. The molecule has 1 aliphatic rings. The van der Waals surface area contributed by atoms with Gasteiger partial charge in [-0.15, -0.1) is 0 Å². The van der Waals surface area contributed by atoms with Crippen LogP contribution in [0.15, 0.2) is 4.52 Å². The normalized spacial score (nSPS) is 28.5. The first-order valence-electron chi connectivity index (χ1n) is 6.11. The first kappa shape index (κ1) is 11.6. The van der Waals surface area contributed by atoms with Crippen LogP contribution in [-0.2, 0) is 12.0 Å². The molecule has 4 nitrogen and oxygen atoms in total. The molecule has 0 saturated heterocycles. The first-order valence-corrected chi connectivity index (χ1v) is 6.11. The third kappa shape index (κ3) is 1.65. The first-order chi connectivity index (χ1) is 7.49. The predicted octanol–water partition coefficient (Wildman–Crippen LogP) is 2.39. The van der Waals surface area contributed by atoms with E-state index >= 15 is 0 Å². The minimum Gasteiger partial charge on any atom is -0.339 e. The summed E-state index contributed by atoms with van der Waals surface area (Å²) in [5.74, 6) is 1.41. The second-order valence-electron chi connectivity index (χ2n) is 5.47. The molecule has 0 radical (unpaired) electrons. The smallest absolute Gasteiger partial charge is 0.226 e. The molecule has 1 heterocycles. The van der Waals surface area contributed by atoms with E-state index in [1.807, 2.05) is 0 Å². The Kier molecular flexibility index (Phi) is 2.78. The van der Waals surface area contributed by atoms with Crippen molar-refractivity contribution in [3.63, 3.8) is 0 Å². The summed E-state index contributed by atoms with van der Waals surface area (Å²) in [7, 11) is 0. The fraction of sp³-hybridized carbons (Fsp3) is 0.833. The van der Waals surface area contributed by atoms with E-state index < -0.39 is 5.54 Å². The fourth-order valence-corrected chi connectivity index (χ4v) is 2.54. The molecule has 1 unspecified atom stereocenters. The molecule has 4 heteroatoms. The van der Waals surface area contributed by atoms with E-state index in [4.69, 9.17) is 10.3 Å². The van der Waals surface area contributed by atoms with Gasteiger partial charge in [0.15, 0.2) is 5.82 Å². The third-order valence-electron chi connectivity index (χ3n) is 3.91. The molecular weight excluding hydrogens is 202 g/mol. The minimum atomic E-state index is -0.414. The molecule has 1 fully saturated rings. The van der Waals surface area contributed by atoms with E-state index in [9.17, 15) is 0 Å². The molecule has 0 aromatic carbocycles. The predicted molar refractivity (Wildman–Crippen MR) is 61.8 cm³/mol. The number of nitrogens with zero attached hydrogens (tertiary/aromatic N) is 2. The van der Waals surface area contributed by atoms with Gasteiger partial charge in [0.2, 0.25) is 5.89 Å². The molecular formula is C12H21N3O. The maximum atomic E-state index is 6.48. The lowest BCUT2D eigenvalue weighted by Gasteiger charge is -2.35. The van der Waals surface area contributed by atoms with Crippen molar-refractivity contribution in [1.82, 2.24) is 10.1 Å². The van der Waals surface area contributed by atoms with Crippen LogP contribution in [0.4, 0.5) is 0 Å². The lowest BCUT2D eigenvalue weighted by Crippen LogP contribution is -2.46. The zero-order valence-corrected chi connectivity index (χ0v) is 10.4. The summed E-state index contributed by atoms with van der Waals surface area (Å²) in [6.07, 6.45) is 5.07. The number of aryl methyl sites for hydroxylation is 1. The van der Waals surface area contributed by atoms with Crippen LogP contribution in [0.1, 0.15) is 58.2 Å². The van der Waals surface area contributed by atoms with E-state index in [0.29, 0.717) is 11.7 Å². The van der Waals surface area contributed by atoms with Crippen molar-refractivity contribution in [2.24, 2.45) is 11.1 Å². The number of hydrogen-bond donors (Lipinski definition) is 1. The van der Waals surface area contributed by atoms with Crippen molar-refractivity contribution < 1.29 is 4.52 Å². The van der Waals surface area contributed by atoms with Gasteiger partial charge in [0.05, 0.1) is 5.54 Å². The zero-order chi connectivity index (χ0) is 11.8. The van der Waals surface area contributed by atoms with Crippen molar-refractivity contribution in [2.75, 3.05) is 0 Å². The maximum absolute atomic E-state index is 6.48. The highest BCUT2D eigenvalue weighted by atomic mass is 16.5. The van der Waals surface area contributed by atoms with Crippen LogP contribution in [0.3, 0.4) is 0 Å². The number of aromatic nitrogens is 2. The van der Waals surface area contributed by atoms with E-state index in [-0.39, 0.29) is 5.41 Å². The van der Waals surface area contributed by atoms with Gasteiger partial charge in [0.25, 0.3) is 0 Å². The van der Waals surface area contributed by atoms with E-state index in [1.165, 1.54) is 0 Å². The second-order valence-corrected chi connectivity index (χ2v) is 5.47. The molecule has 2 N–H and O–H groups in total. The van der Waals surface area contributed by atoms with Crippen LogP contribution in [0.5, 0.6) is 0 Å². The van der Waals surface area contributed by atoms with E-state index in [2.05, 4.69) is 30.9 Å². The van der Waals surface area contributed by atoms with Crippen molar-refractivity contribution in [3.8, 4) is 0 Å². The van der Waals surface area contributed by atoms with Gasteiger partial charge in [-0.3, -0.25) is 0 Å².